The predicted octanol–water partition coefficient (Wildman–Crippen LogP) is 1.77. The summed E-state index contributed by atoms with van der Waals surface area (Å²) in [6.45, 7) is 7.78. The average Bonchev–Trinajstić information content (AvgIpc) is 3.55. The number of aromatic nitrogens is 4. The highest BCUT2D eigenvalue weighted by molar-refractivity contribution is 6.69. The number of anilines is 3. The van der Waals surface area contributed by atoms with Crippen LogP contribution in [-0.2, 0) is 10.2 Å². The summed E-state index contributed by atoms with van der Waals surface area (Å²) >= 11 is 0. The van der Waals surface area contributed by atoms with E-state index in [-0.39, 0.29) is 23.7 Å². The Hall–Kier alpha value is -3.20. The Kier molecular flexibility index (Phi) is 8.32. The van der Waals surface area contributed by atoms with Gasteiger partial charge in [0, 0.05) is 35.6 Å². The number of nitrogens with one attached hydrogen (secondary N) is 1. The number of nitrogens with zero attached hydrogens (tertiary/aromatic N) is 6. The van der Waals surface area contributed by atoms with Crippen LogP contribution in [0.4, 0.5) is 21.6 Å². The van der Waals surface area contributed by atoms with Gasteiger partial charge in [0.2, 0.25) is 5.91 Å². The first-order valence-electron chi connectivity index (χ1n) is 16.9. The molecule has 7 rings (SSSR count). The Labute approximate surface area is 317 Å². The summed E-state index contributed by atoms with van der Waals surface area (Å²) < 4.78 is 16.7. The van der Waals surface area contributed by atoms with Crippen molar-refractivity contribution in [3.63, 3.8) is 0 Å². The van der Waals surface area contributed by atoms with Crippen molar-refractivity contribution in [3.8, 4) is 11.3 Å². The van der Waals surface area contributed by atoms with E-state index in [1.807, 2.05) is 56.5 Å². The molecule has 2 aliphatic heterocycles. The van der Waals surface area contributed by atoms with E-state index in [1.54, 1.807) is 11.2 Å². The number of hydrogen-bond acceptors (Lipinski definition) is 6. The van der Waals surface area contributed by atoms with Gasteiger partial charge >= 0.3 is 0 Å². The molecular weight excluding hydrogens is 638 g/mol. The van der Waals surface area contributed by atoms with Gasteiger partial charge in [-0.05, 0) is 64.3 Å². The molecule has 19 heteroatoms. The summed E-state index contributed by atoms with van der Waals surface area (Å²) in [7, 11) is 64.1. The molecule has 1 amide bonds. The number of fused-ring (bicyclic) bond motifs is 2. The smallest absolute Gasteiger partial charge is 0.237 e. The monoisotopic (exact) mass is 667 g/mol. The lowest BCUT2D eigenvalue weighted by molar-refractivity contribution is -0.123. The van der Waals surface area contributed by atoms with Crippen LogP contribution >= 0.6 is 0 Å². The first kappa shape index (κ1) is 37.1. The summed E-state index contributed by atoms with van der Waals surface area (Å²) in [6, 6.07) is 8.27. The average molecular weight is 666 g/mol. The molecule has 3 aliphatic rings. The molecule has 20 radical (unpaired) electrons. The van der Waals surface area contributed by atoms with Gasteiger partial charge in [-0.15, -0.1) is 15.6 Å². The van der Waals surface area contributed by atoms with Gasteiger partial charge in [0.25, 0.3) is 0 Å². The van der Waals surface area contributed by atoms with Crippen LogP contribution in [0.3, 0.4) is 0 Å². The Bertz CT molecular complexity index is 2090. The third-order valence-electron chi connectivity index (χ3n) is 11.4. The van der Waals surface area contributed by atoms with Crippen LogP contribution in [0.25, 0.3) is 22.3 Å². The van der Waals surface area contributed by atoms with Crippen LogP contribution in [-0.4, -0.2) is 132 Å². The minimum absolute atomic E-state index is 0.0522. The Morgan fingerprint density at radius 3 is 2.12 bits per heavy atom. The summed E-state index contributed by atoms with van der Waals surface area (Å²) in [6.07, 6.45) is 4.95. The molecule has 0 spiro atoms. The van der Waals surface area contributed by atoms with Crippen molar-refractivity contribution < 1.29 is 9.18 Å². The van der Waals surface area contributed by atoms with E-state index in [2.05, 4.69) is 15.3 Å². The van der Waals surface area contributed by atoms with Crippen molar-refractivity contribution in [3.05, 3.63) is 60.4 Å². The number of carbonyl (C=O) groups excluding carboxylic acids is 1. The highest BCUT2D eigenvalue weighted by Gasteiger charge is 2.66. The SMILES string of the molecule is [B]C1([B])N(C2CC(N3C(=O)C(C)(C)c4ccc(-c5cc6ncn(C(C)C)c6c(Nc6ccncc6F)n5)cc43)C2)C([B])([B])C([B])([B])C([B])([B])C1([B])[B]. The van der Waals surface area contributed by atoms with Crippen LogP contribution < -0.4 is 10.2 Å². The molecule has 4 aromatic rings. The van der Waals surface area contributed by atoms with E-state index in [0.29, 0.717) is 46.6 Å². The van der Waals surface area contributed by atoms with Crippen LogP contribution in [0.5, 0.6) is 0 Å². The molecule has 1 N–H and O–H groups in total. The highest BCUT2D eigenvalue weighted by atomic mass is 19.1. The van der Waals surface area contributed by atoms with Gasteiger partial charge in [0.1, 0.15) is 5.52 Å². The summed E-state index contributed by atoms with van der Waals surface area (Å²) in [5.74, 6) is -0.237. The number of piperidine rings is 1. The molecular formula is C33H28B10FN7O. The second kappa shape index (κ2) is 11.6. The van der Waals surface area contributed by atoms with Crippen LogP contribution in [0.2, 0.25) is 15.6 Å². The standard InChI is InChI=1S/C33H28B10FN7O/c1-15(2)49-14-46-23-12-22(48-26(25(23)49)47-21-7-8-45-13-20(21)44)16-5-6-19-24(9-16)50(27(52)28(19,3)4)17-10-18(11-17)51-32(40,41)30(36,37)29(34,35)31(38,39)33(51,42)43/h5-9,12-15,17-18H,10-11H2,1-4H3,(H,45,47,48). The van der Waals surface area contributed by atoms with E-state index in [4.69, 9.17) is 83.4 Å². The number of halogens is 1. The number of pyridine rings is 2. The number of likely N-dealkylation sites (tertiary alicyclic amines) is 1. The summed E-state index contributed by atoms with van der Waals surface area (Å²) in [4.78, 5) is 30.6. The van der Waals surface area contributed by atoms with Gasteiger partial charge in [0.15, 0.2) is 11.6 Å². The second-order valence-corrected chi connectivity index (χ2v) is 15.4. The summed E-state index contributed by atoms with van der Waals surface area (Å²) in [5.41, 5.74) is 3.50. The molecule has 5 heterocycles. The van der Waals surface area contributed by atoms with E-state index in [1.165, 1.54) is 17.2 Å². The lowest BCUT2D eigenvalue weighted by Crippen LogP contribution is -2.83. The molecule has 0 unspecified atom stereocenters. The number of amides is 1. The van der Waals surface area contributed by atoms with Crippen molar-refractivity contribution in [1.82, 2.24) is 24.4 Å². The number of hydrogen-bond donors (Lipinski definition) is 1. The van der Waals surface area contributed by atoms with Gasteiger partial charge in [-0.1, -0.05) is 22.8 Å². The Balaban J connectivity index is 1.26. The maximum absolute atomic E-state index is 14.8. The van der Waals surface area contributed by atoms with Gasteiger partial charge in [-0.2, -0.15) is 0 Å². The van der Waals surface area contributed by atoms with E-state index in [0.717, 1.165) is 11.8 Å². The maximum Gasteiger partial charge on any atom is 0.237 e. The van der Waals surface area contributed by atoms with Crippen molar-refractivity contribution in [2.75, 3.05) is 10.2 Å². The quantitative estimate of drug-likeness (QED) is 0.317. The second-order valence-electron chi connectivity index (χ2n) is 15.4. The van der Waals surface area contributed by atoms with Gasteiger partial charge in [-0.3, -0.25) is 9.78 Å². The molecule has 0 atom stereocenters. The molecule has 1 aromatic carbocycles. The fraction of sp³-hybridized carbons (Fsp3) is 0.455. The number of imidazole rings is 1. The first-order chi connectivity index (χ1) is 24.0. The molecule has 238 valence electrons. The number of benzene rings is 1. The third kappa shape index (κ3) is 4.88. The van der Waals surface area contributed by atoms with Crippen molar-refractivity contribution in [2.45, 2.75) is 90.4 Å². The molecule has 52 heavy (non-hydrogen) atoms. The zero-order valence-electron chi connectivity index (χ0n) is 29.5. The minimum atomic E-state index is -2.30. The van der Waals surface area contributed by atoms with Gasteiger partial charge in [0.05, 0.1) is 113 Å². The third-order valence-corrected chi connectivity index (χ3v) is 11.4. The normalized spacial score (nSPS) is 25.1. The van der Waals surface area contributed by atoms with Crippen molar-refractivity contribution >= 4 is 113 Å². The van der Waals surface area contributed by atoms with Crippen molar-refractivity contribution in [1.29, 1.82) is 0 Å². The lowest BCUT2D eigenvalue weighted by atomic mass is 9.05. The summed E-state index contributed by atoms with van der Waals surface area (Å²) in [5, 5.41) is -8.03. The first-order valence-corrected chi connectivity index (χ1v) is 16.9. The molecule has 0 bridgehead atoms. The zero-order chi connectivity index (χ0) is 38.1. The van der Waals surface area contributed by atoms with Crippen LogP contribution in [0.1, 0.15) is 52.1 Å². The largest absolute Gasteiger partial charge is 0.336 e. The molecule has 1 saturated carbocycles. The molecule has 2 fully saturated rings. The van der Waals surface area contributed by atoms with Crippen LogP contribution in [0, 0.1) is 5.82 Å². The van der Waals surface area contributed by atoms with Gasteiger partial charge < -0.3 is 19.7 Å². The number of rotatable bonds is 6. The van der Waals surface area contributed by atoms with E-state index >= 15 is 0 Å². The molecule has 3 aromatic heterocycles. The minimum Gasteiger partial charge on any atom is -0.336 e. The fourth-order valence-electron chi connectivity index (χ4n) is 7.89. The number of carbonyl (C=O) groups is 1. The highest BCUT2D eigenvalue weighted by Crippen LogP contribution is 2.70. The van der Waals surface area contributed by atoms with Crippen molar-refractivity contribution in [2.24, 2.45) is 0 Å². The molecule has 8 nitrogen and oxygen atoms in total. The Morgan fingerprint density at radius 2 is 1.52 bits per heavy atom. The fourth-order valence-corrected chi connectivity index (χ4v) is 7.89. The van der Waals surface area contributed by atoms with Crippen LogP contribution in [0.15, 0.2) is 49.1 Å². The lowest BCUT2D eigenvalue weighted by Gasteiger charge is -2.80. The predicted molar refractivity (Wildman–Crippen MR) is 211 cm³/mol. The zero-order valence-corrected chi connectivity index (χ0v) is 29.5. The van der Waals surface area contributed by atoms with E-state index < -0.39 is 43.6 Å². The molecule has 1 saturated heterocycles. The van der Waals surface area contributed by atoms with E-state index in [9.17, 15) is 9.18 Å². The van der Waals surface area contributed by atoms with Gasteiger partial charge in [-0.25, -0.2) is 14.4 Å². The topological polar surface area (TPSA) is 79.2 Å². The Morgan fingerprint density at radius 1 is 0.885 bits per heavy atom. The maximum atomic E-state index is 14.8. The molecule has 1 aliphatic carbocycles.